The third-order valence-corrected chi connectivity index (χ3v) is 3.18. The third-order valence-electron chi connectivity index (χ3n) is 2.88. The van der Waals surface area contributed by atoms with Crippen LogP contribution >= 0.6 is 11.6 Å². The number of phenols is 1. The van der Waals surface area contributed by atoms with Crippen LogP contribution in [0.5, 0.6) is 17.4 Å². The number of carboxylic acids is 1. The normalized spacial score (nSPS) is 10.7. The van der Waals surface area contributed by atoms with Crippen LogP contribution < -0.4 is 4.74 Å². The highest BCUT2D eigenvalue weighted by Gasteiger charge is 2.10. The maximum atomic E-state index is 10.9. The average Bonchev–Trinajstić information content (AvgIpc) is 2.84. The molecule has 5 nitrogen and oxygen atoms in total. The van der Waals surface area contributed by atoms with E-state index in [2.05, 4.69) is 0 Å². The van der Waals surface area contributed by atoms with E-state index in [1.807, 2.05) is 0 Å². The minimum atomic E-state index is -1.01. The number of hydrogen-bond acceptors (Lipinski definition) is 4. The molecule has 3 aromatic rings. The van der Waals surface area contributed by atoms with Crippen molar-refractivity contribution in [3.05, 3.63) is 53.1 Å². The zero-order chi connectivity index (χ0) is 15.0. The van der Waals surface area contributed by atoms with Gasteiger partial charge in [0.15, 0.2) is 0 Å². The number of hydrogen-bond donors (Lipinski definition) is 2. The molecule has 0 saturated carbocycles. The predicted molar refractivity (Wildman–Crippen MR) is 76.4 cm³/mol. The molecule has 0 aliphatic carbocycles. The SMILES string of the molecule is O=C(O)c1ccc2oc(Oc3ccc(O)c(Cl)c3)cc2c1. The number of ether oxygens (including phenoxy) is 1. The van der Waals surface area contributed by atoms with Gasteiger partial charge < -0.3 is 19.4 Å². The van der Waals surface area contributed by atoms with Crippen LogP contribution in [0.1, 0.15) is 10.4 Å². The summed E-state index contributed by atoms with van der Waals surface area (Å²) in [4.78, 5) is 10.9. The number of fused-ring (bicyclic) bond motifs is 1. The fourth-order valence-electron chi connectivity index (χ4n) is 1.87. The van der Waals surface area contributed by atoms with Crippen molar-refractivity contribution < 1.29 is 24.2 Å². The number of benzene rings is 2. The van der Waals surface area contributed by atoms with Gasteiger partial charge in [-0.25, -0.2) is 4.79 Å². The van der Waals surface area contributed by atoms with Gasteiger partial charge in [0, 0.05) is 17.5 Å². The van der Waals surface area contributed by atoms with Crippen molar-refractivity contribution in [2.45, 2.75) is 0 Å². The molecule has 0 aliphatic heterocycles. The lowest BCUT2D eigenvalue weighted by Crippen LogP contribution is -1.94. The molecule has 3 rings (SSSR count). The van der Waals surface area contributed by atoms with E-state index in [0.29, 0.717) is 16.7 Å². The van der Waals surface area contributed by atoms with Gasteiger partial charge in [0.25, 0.3) is 5.95 Å². The average molecular weight is 305 g/mol. The van der Waals surface area contributed by atoms with Crippen LogP contribution in [0, 0.1) is 0 Å². The molecule has 21 heavy (non-hydrogen) atoms. The molecule has 6 heteroatoms. The molecule has 1 aromatic heterocycles. The van der Waals surface area contributed by atoms with Crippen molar-refractivity contribution in [3.63, 3.8) is 0 Å². The zero-order valence-electron chi connectivity index (χ0n) is 10.5. The van der Waals surface area contributed by atoms with E-state index in [1.54, 1.807) is 12.1 Å². The molecule has 0 unspecified atom stereocenters. The summed E-state index contributed by atoms with van der Waals surface area (Å²) in [6.45, 7) is 0. The maximum Gasteiger partial charge on any atom is 0.335 e. The summed E-state index contributed by atoms with van der Waals surface area (Å²) < 4.78 is 10.9. The van der Waals surface area contributed by atoms with Crippen LogP contribution in [-0.2, 0) is 0 Å². The van der Waals surface area contributed by atoms with Crippen molar-refractivity contribution in [1.82, 2.24) is 0 Å². The summed E-state index contributed by atoms with van der Waals surface area (Å²) in [5.41, 5.74) is 0.683. The fraction of sp³-hybridized carbons (Fsp3) is 0. The Morgan fingerprint density at radius 1 is 1.14 bits per heavy atom. The van der Waals surface area contributed by atoms with Crippen molar-refractivity contribution >= 4 is 28.5 Å². The smallest absolute Gasteiger partial charge is 0.335 e. The quantitative estimate of drug-likeness (QED) is 0.755. The molecule has 0 aliphatic rings. The van der Waals surface area contributed by atoms with E-state index in [1.165, 1.54) is 30.3 Å². The minimum absolute atomic E-state index is 0.0419. The second-order valence-corrected chi connectivity index (χ2v) is 4.75. The Balaban J connectivity index is 1.93. The van der Waals surface area contributed by atoms with Gasteiger partial charge in [0.2, 0.25) is 0 Å². The molecule has 2 aromatic carbocycles. The van der Waals surface area contributed by atoms with Gasteiger partial charge in [-0.3, -0.25) is 0 Å². The first-order valence-electron chi connectivity index (χ1n) is 5.96. The number of rotatable bonds is 3. The predicted octanol–water partition coefficient (Wildman–Crippen LogP) is 4.28. The Bertz CT molecular complexity index is 837. The van der Waals surface area contributed by atoms with Crippen molar-refractivity contribution in [2.24, 2.45) is 0 Å². The summed E-state index contributed by atoms with van der Waals surface area (Å²) >= 11 is 5.79. The molecular weight excluding hydrogens is 296 g/mol. The van der Waals surface area contributed by atoms with E-state index < -0.39 is 5.97 Å². The Kier molecular flexibility index (Phi) is 3.19. The monoisotopic (exact) mass is 304 g/mol. The maximum absolute atomic E-state index is 10.9. The zero-order valence-corrected chi connectivity index (χ0v) is 11.3. The van der Waals surface area contributed by atoms with Crippen molar-refractivity contribution in [3.8, 4) is 17.4 Å². The summed E-state index contributed by atoms with van der Waals surface area (Å²) in [6.07, 6.45) is 0. The highest BCUT2D eigenvalue weighted by atomic mass is 35.5. The van der Waals surface area contributed by atoms with E-state index >= 15 is 0 Å². The van der Waals surface area contributed by atoms with Crippen molar-refractivity contribution in [1.29, 1.82) is 0 Å². The van der Waals surface area contributed by atoms with Crippen LogP contribution in [0.3, 0.4) is 0 Å². The topological polar surface area (TPSA) is 79.9 Å². The summed E-state index contributed by atoms with van der Waals surface area (Å²) in [5, 5.41) is 19.1. The first-order chi connectivity index (χ1) is 10.0. The molecule has 0 saturated heterocycles. The van der Waals surface area contributed by atoms with Crippen LogP contribution in [0.15, 0.2) is 46.9 Å². The van der Waals surface area contributed by atoms with Crippen LogP contribution in [0.4, 0.5) is 0 Å². The lowest BCUT2D eigenvalue weighted by Gasteiger charge is -2.02. The first-order valence-corrected chi connectivity index (χ1v) is 6.34. The lowest BCUT2D eigenvalue weighted by atomic mass is 10.2. The molecule has 0 fully saturated rings. The number of carbonyl (C=O) groups is 1. The first kappa shape index (κ1) is 13.3. The number of carboxylic acid groups (broad SMARTS) is 1. The fourth-order valence-corrected chi connectivity index (χ4v) is 2.04. The third kappa shape index (κ3) is 2.64. The molecule has 0 atom stereocenters. The van der Waals surface area contributed by atoms with Gasteiger partial charge in [0.1, 0.15) is 17.1 Å². The van der Waals surface area contributed by atoms with Gasteiger partial charge in [-0.1, -0.05) is 11.6 Å². The van der Waals surface area contributed by atoms with Gasteiger partial charge in [-0.05, 0) is 30.3 Å². The lowest BCUT2D eigenvalue weighted by molar-refractivity contribution is 0.0697. The Labute approximate surface area is 123 Å². The van der Waals surface area contributed by atoms with E-state index in [0.717, 1.165) is 0 Å². The van der Waals surface area contributed by atoms with Crippen LogP contribution in [0.2, 0.25) is 5.02 Å². The molecule has 106 valence electrons. The molecule has 0 bridgehead atoms. The molecule has 0 spiro atoms. The minimum Gasteiger partial charge on any atom is -0.506 e. The number of furan rings is 1. The summed E-state index contributed by atoms with van der Waals surface area (Å²) in [7, 11) is 0. The van der Waals surface area contributed by atoms with E-state index in [4.69, 9.17) is 25.9 Å². The second kappa shape index (κ2) is 5.03. The van der Waals surface area contributed by atoms with E-state index in [-0.39, 0.29) is 22.3 Å². The van der Waals surface area contributed by atoms with Crippen LogP contribution in [-0.4, -0.2) is 16.2 Å². The molecule has 1 heterocycles. The Morgan fingerprint density at radius 2 is 1.95 bits per heavy atom. The Hall–Kier alpha value is -2.66. The van der Waals surface area contributed by atoms with Gasteiger partial charge in [0.05, 0.1) is 10.6 Å². The molecule has 2 N–H and O–H groups in total. The summed E-state index contributed by atoms with van der Waals surface area (Å²) in [6, 6.07) is 10.5. The number of aromatic carboxylic acids is 1. The second-order valence-electron chi connectivity index (χ2n) is 4.34. The molecular formula is C15H9ClO5. The molecule has 0 amide bonds. The highest BCUT2D eigenvalue weighted by molar-refractivity contribution is 6.32. The van der Waals surface area contributed by atoms with Gasteiger partial charge in [-0.15, -0.1) is 0 Å². The van der Waals surface area contributed by atoms with Gasteiger partial charge >= 0.3 is 5.97 Å². The number of halogens is 1. The largest absolute Gasteiger partial charge is 0.506 e. The van der Waals surface area contributed by atoms with Crippen molar-refractivity contribution in [2.75, 3.05) is 0 Å². The molecule has 0 radical (unpaired) electrons. The standard InChI is InChI=1S/C15H9ClO5/c16-11-7-10(2-3-12(11)17)20-14-6-9-5-8(15(18)19)1-4-13(9)21-14/h1-7,17H,(H,18,19). The van der Waals surface area contributed by atoms with E-state index in [9.17, 15) is 9.90 Å². The van der Waals surface area contributed by atoms with Gasteiger partial charge in [-0.2, -0.15) is 0 Å². The highest BCUT2D eigenvalue weighted by Crippen LogP contribution is 2.33. The van der Waals surface area contributed by atoms with Crippen LogP contribution in [0.25, 0.3) is 11.0 Å². The Morgan fingerprint density at radius 3 is 2.67 bits per heavy atom. The summed E-state index contributed by atoms with van der Waals surface area (Å²) in [5.74, 6) is -0.449. The number of phenolic OH excluding ortho intramolecular Hbond substituents is 1. The number of aromatic hydroxyl groups is 1.